The Bertz CT molecular complexity index is 1300. The first kappa shape index (κ1) is 41.1. The first-order valence-corrected chi connectivity index (χ1v) is 18.2. The highest BCUT2D eigenvalue weighted by Crippen LogP contribution is 2.56. The average Bonchev–Trinajstić information content (AvgIpc) is 3.34. The van der Waals surface area contributed by atoms with Gasteiger partial charge >= 0.3 is 29.8 Å². The highest BCUT2D eigenvalue weighted by atomic mass is 16.6. The lowest BCUT2D eigenvalue weighted by molar-refractivity contribution is -0.211. The number of hydrogen-bond acceptors (Lipinski definition) is 12. The van der Waals surface area contributed by atoms with Crippen LogP contribution in [0.2, 0.25) is 0 Å². The molecule has 2 aliphatic carbocycles. The number of unbranched alkanes of at least 4 members (excludes halogenated alkanes) is 11. The van der Waals surface area contributed by atoms with Gasteiger partial charge in [-0.2, -0.15) is 0 Å². The second-order valence-electron chi connectivity index (χ2n) is 14.5. The minimum absolute atomic E-state index is 0.0249. The number of carbonyl (C=O) groups is 6. The zero-order valence-electron chi connectivity index (χ0n) is 30.3. The Hall–Kier alpha value is -3.32. The number of ketones is 1. The maximum atomic E-state index is 13.7. The largest absolute Gasteiger partial charge is 0.481 e. The summed E-state index contributed by atoms with van der Waals surface area (Å²) in [5.74, 6) is -5.90. The molecule has 3 N–H and O–H groups in total. The second-order valence-corrected chi connectivity index (χ2v) is 14.5. The Morgan fingerprint density at radius 2 is 1.30 bits per heavy atom. The number of aliphatic hydroxyl groups is 2. The molecule has 0 aromatic rings. The van der Waals surface area contributed by atoms with Gasteiger partial charge in [-0.1, -0.05) is 71.1 Å². The summed E-state index contributed by atoms with van der Waals surface area (Å²) in [5.41, 5.74) is -6.83. The Kier molecular flexibility index (Phi) is 14.6. The van der Waals surface area contributed by atoms with E-state index in [0.717, 1.165) is 71.6 Å². The number of carboxylic acid groups (broad SMARTS) is 1. The fraction of sp³-hybridized carbons (Fsp3) is 0.784. The molecular formula is C37H56O13. The zero-order chi connectivity index (χ0) is 37.3. The molecular weight excluding hydrogens is 652 g/mol. The third-order valence-corrected chi connectivity index (χ3v) is 10.4. The van der Waals surface area contributed by atoms with E-state index in [2.05, 4.69) is 6.92 Å². The van der Waals surface area contributed by atoms with Crippen LogP contribution in [0.5, 0.6) is 0 Å². The van der Waals surface area contributed by atoms with Crippen molar-refractivity contribution in [3.63, 3.8) is 0 Å². The number of carboxylic acids is 1. The van der Waals surface area contributed by atoms with Crippen molar-refractivity contribution in [2.45, 2.75) is 179 Å². The highest BCUT2D eigenvalue weighted by molar-refractivity contribution is 6.04. The van der Waals surface area contributed by atoms with Crippen LogP contribution in [0.1, 0.15) is 144 Å². The predicted octanol–water partition coefficient (Wildman–Crippen LogP) is 4.80. The summed E-state index contributed by atoms with van der Waals surface area (Å²) in [6.45, 7) is 7.20. The number of fused-ring (bicyclic) bond motifs is 3. The summed E-state index contributed by atoms with van der Waals surface area (Å²) in [7, 11) is 0. The number of aliphatic carboxylic acids is 1. The first-order chi connectivity index (χ1) is 23.5. The molecule has 1 aliphatic heterocycles. The molecule has 0 spiro atoms. The molecule has 3 rings (SSSR count). The van der Waals surface area contributed by atoms with E-state index in [4.69, 9.17) is 24.1 Å². The molecule has 7 atom stereocenters. The molecule has 13 nitrogen and oxygen atoms in total. The van der Waals surface area contributed by atoms with Crippen LogP contribution in [0.3, 0.4) is 0 Å². The Balaban J connectivity index is 1.81. The lowest BCUT2D eigenvalue weighted by Crippen LogP contribution is -2.64. The van der Waals surface area contributed by atoms with E-state index < -0.39 is 83.1 Å². The standard InChI is InChI=1S/C37H56O13/c1-6-7-8-13-17-21-28(42)48-32-30-29(23(2)31(32)43)33-37(46,36(5,45)34(44)49-33)25(22-35(30,4)50-24(3)38)47-27(41)20-18-15-12-10-9-11-14-16-19-26(39)40/h25,30,32-33,45-46H,6-22H2,1-5H3,(H,39,40)/t25-,30+,32-,33-,35-,36+,37+/m0/s1. The number of rotatable bonds is 20. The molecule has 2 fully saturated rings. The molecule has 0 aromatic carbocycles. The number of Topliss-reactive ketones (excluding diaryl/α,β-unsaturated/α-hetero) is 1. The highest BCUT2D eigenvalue weighted by Gasteiger charge is 2.75. The van der Waals surface area contributed by atoms with Crippen LogP contribution in [0.25, 0.3) is 0 Å². The number of esters is 4. The van der Waals surface area contributed by atoms with Crippen molar-refractivity contribution in [1.82, 2.24) is 0 Å². The van der Waals surface area contributed by atoms with Crippen LogP contribution in [-0.2, 0) is 47.7 Å². The quantitative estimate of drug-likeness (QED) is 0.0885. The third-order valence-electron chi connectivity index (χ3n) is 10.4. The van der Waals surface area contributed by atoms with Crippen LogP contribution in [0, 0.1) is 5.92 Å². The van der Waals surface area contributed by atoms with Crippen molar-refractivity contribution in [3.05, 3.63) is 11.1 Å². The van der Waals surface area contributed by atoms with E-state index in [0.29, 0.717) is 25.7 Å². The molecule has 1 saturated carbocycles. The number of hydrogen-bond donors (Lipinski definition) is 3. The van der Waals surface area contributed by atoms with Gasteiger partial charge in [-0.25, -0.2) is 4.79 Å². The number of carbonyl (C=O) groups excluding carboxylic acids is 5. The van der Waals surface area contributed by atoms with E-state index in [1.165, 1.54) is 13.8 Å². The molecule has 1 heterocycles. The van der Waals surface area contributed by atoms with Crippen molar-refractivity contribution in [2.75, 3.05) is 0 Å². The van der Waals surface area contributed by atoms with Crippen LogP contribution in [-0.4, -0.2) is 86.1 Å². The summed E-state index contributed by atoms with van der Waals surface area (Å²) < 4.78 is 23.0. The molecule has 0 unspecified atom stereocenters. The average molecular weight is 709 g/mol. The van der Waals surface area contributed by atoms with Gasteiger partial charge in [-0.05, 0) is 51.2 Å². The van der Waals surface area contributed by atoms with Gasteiger partial charge in [0, 0.05) is 32.6 Å². The van der Waals surface area contributed by atoms with Gasteiger partial charge < -0.3 is 34.3 Å². The Morgan fingerprint density at radius 1 is 0.800 bits per heavy atom. The SMILES string of the molecule is CCCCCCCC(=O)O[C@@H]1C(=O)C(C)=C2[C@H]1[C@@](C)(OC(C)=O)C[C@H](OC(=O)CCCCCCCCCCC(=O)O)[C@@]1(O)[C@H]2OC(=O)[C@@]1(C)O. The van der Waals surface area contributed by atoms with Gasteiger partial charge in [0.1, 0.15) is 11.7 Å². The van der Waals surface area contributed by atoms with Crippen LogP contribution in [0.15, 0.2) is 11.1 Å². The summed E-state index contributed by atoms with van der Waals surface area (Å²) in [5, 5.41) is 32.5. The summed E-state index contributed by atoms with van der Waals surface area (Å²) >= 11 is 0. The van der Waals surface area contributed by atoms with Crippen molar-refractivity contribution in [1.29, 1.82) is 0 Å². The van der Waals surface area contributed by atoms with E-state index >= 15 is 0 Å². The van der Waals surface area contributed by atoms with Crippen molar-refractivity contribution < 1.29 is 63.0 Å². The summed E-state index contributed by atoms with van der Waals surface area (Å²) in [6, 6.07) is 0. The van der Waals surface area contributed by atoms with Crippen molar-refractivity contribution in [2.24, 2.45) is 5.92 Å². The van der Waals surface area contributed by atoms with E-state index in [1.807, 2.05) is 0 Å². The monoisotopic (exact) mass is 708 g/mol. The first-order valence-electron chi connectivity index (χ1n) is 18.2. The molecule has 0 radical (unpaired) electrons. The van der Waals surface area contributed by atoms with Gasteiger partial charge in [0.15, 0.2) is 29.2 Å². The molecule has 13 heteroatoms. The van der Waals surface area contributed by atoms with E-state index in [-0.39, 0.29) is 30.4 Å². The van der Waals surface area contributed by atoms with Crippen molar-refractivity contribution in [3.8, 4) is 0 Å². The van der Waals surface area contributed by atoms with Gasteiger partial charge in [-0.15, -0.1) is 0 Å². The van der Waals surface area contributed by atoms with Gasteiger partial charge in [0.25, 0.3) is 0 Å². The zero-order valence-corrected chi connectivity index (χ0v) is 30.3. The Morgan fingerprint density at radius 3 is 1.82 bits per heavy atom. The second kappa shape index (κ2) is 17.7. The van der Waals surface area contributed by atoms with Crippen LogP contribution < -0.4 is 0 Å². The lowest BCUT2D eigenvalue weighted by atomic mass is 9.75. The van der Waals surface area contributed by atoms with Gasteiger partial charge in [0.05, 0.1) is 5.92 Å². The molecule has 282 valence electrons. The minimum Gasteiger partial charge on any atom is -0.481 e. The third kappa shape index (κ3) is 9.31. The fourth-order valence-corrected chi connectivity index (χ4v) is 7.66. The number of ether oxygens (including phenoxy) is 4. The maximum Gasteiger partial charge on any atom is 0.341 e. The van der Waals surface area contributed by atoms with Crippen molar-refractivity contribution >= 4 is 35.6 Å². The van der Waals surface area contributed by atoms with Gasteiger partial charge in [0.2, 0.25) is 0 Å². The van der Waals surface area contributed by atoms with Crippen LogP contribution in [0.4, 0.5) is 0 Å². The van der Waals surface area contributed by atoms with Gasteiger partial charge in [-0.3, -0.25) is 24.0 Å². The Labute approximate surface area is 294 Å². The summed E-state index contributed by atoms with van der Waals surface area (Å²) in [4.78, 5) is 76.2. The van der Waals surface area contributed by atoms with E-state index in [9.17, 15) is 39.0 Å². The smallest absolute Gasteiger partial charge is 0.341 e. The van der Waals surface area contributed by atoms with Crippen LogP contribution >= 0.6 is 0 Å². The van der Waals surface area contributed by atoms with E-state index in [1.54, 1.807) is 0 Å². The lowest BCUT2D eigenvalue weighted by Gasteiger charge is -2.41. The molecule has 0 bridgehead atoms. The molecule has 1 saturated heterocycles. The molecule has 0 aromatic heterocycles. The summed E-state index contributed by atoms with van der Waals surface area (Å²) in [6.07, 6.45) is 5.68. The molecule has 0 amide bonds. The topological polar surface area (TPSA) is 200 Å². The minimum atomic E-state index is -2.59. The molecule has 50 heavy (non-hydrogen) atoms. The predicted molar refractivity (Wildman–Crippen MR) is 178 cm³/mol. The normalized spacial score (nSPS) is 30.3. The maximum absolute atomic E-state index is 13.7. The molecule has 3 aliphatic rings. The fourth-order valence-electron chi connectivity index (χ4n) is 7.66.